The summed E-state index contributed by atoms with van der Waals surface area (Å²) < 4.78 is 41.5. The number of amides is 2. The predicted octanol–water partition coefficient (Wildman–Crippen LogP) is 5.86. The number of nitrogens with zero attached hydrogens (tertiary/aromatic N) is 3. The molecule has 45 heavy (non-hydrogen) atoms. The summed E-state index contributed by atoms with van der Waals surface area (Å²) in [5, 5.41) is 14.1. The van der Waals surface area contributed by atoms with E-state index in [4.69, 9.17) is 5.41 Å². The molecule has 1 aliphatic carbocycles. The number of piperazine rings is 1. The molecule has 2 amide bonds. The maximum Gasteiger partial charge on any atom is 0.416 e. The molecule has 2 aliphatic rings. The van der Waals surface area contributed by atoms with E-state index in [1.165, 1.54) is 12.3 Å². The first kappa shape index (κ1) is 32.1. The van der Waals surface area contributed by atoms with Gasteiger partial charge in [-0.05, 0) is 86.3 Å². The van der Waals surface area contributed by atoms with Crippen LogP contribution >= 0.6 is 0 Å². The molecule has 0 atom stereocenters. The van der Waals surface area contributed by atoms with Crippen LogP contribution in [0.15, 0.2) is 42.6 Å². The summed E-state index contributed by atoms with van der Waals surface area (Å²) in [4.78, 5) is 37.0. The minimum absolute atomic E-state index is 0.0465. The Morgan fingerprint density at radius 3 is 2.36 bits per heavy atom. The number of imidazole rings is 1. The summed E-state index contributed by atoms with van der Waals surface area (Å²) in [6.45, 7) is 10.2. The third-order valence-corrected chi connectivity index (χ3v) is 8.21. The minimum atomic E-state index is -4.57. The van der Waals surface area contributed by atoms with Gasteiger partial charge in [-0.25, -0.2) is 4.98 Å². The highest BCUT2D eigenvalue weighted by Crippen LogP contribution is 2.33. The summed E-state index contributed by atoms with van der Waals surface area (Å²) in [6.07, 6.45) is 1.84. The van der Waals surface area contributed by atoms with Crippen molar-refractivity contribution in [3.63, 3.8) is 0 Å². The SMILES string of the molecule is CCN1CCN(Cc2cc(NC(=O)c3cc(C(=N)/C=C\c4ncc(NC(=O)C5CC5)[nH]4)c(C)cc3C)cc(C(F)(F)F)c2)CC1. The highest BCUT2D eigenvalue weighted by molar-refractivity contribution is 6.12. The molecule has 1 aliphatic heterocycles. The van der Waals surface area contributed by atoms with Gasteiger partial charge in [0.05, 0.1) is 17.5 Å². The maximum absolute atomic E-state index is 13.8. The molecule has 2 heterocycles. The highest BCUT2D eigenvalue weighted by Gasteiger charge is 2.32. The van der Waals surface area contributed by atoms with Crippen molar-refractivity contribution in [2.45, 2.75) is 46.3 Å². The first-order valence-corrected chi connectivity index (χ1v) is 15.1. The Hall–Kier alpha value is -4.29. The number of nitrogens with one attached hydrogen (secondary N) is 4. The van der Waals surface area contributed by atoms with Gasteiger partial charge >= 0.3 is 6.18 Å². The molecule has 3 aromatic rings. The van der Waals surface area contributed by atoms with E-state index in [9.17, 15) is 22.8 Å². The Bertz CT molecular complexity index is 1620. The van der Waals surface area contributed by atoms with Gasteiger partial charge in [0.15, 0.2) is 0 Å². The largest absolute Gasteiger partial charge is 0.416 e. The van der Waals surface area contributed by atoms with Crippen LogP contribution in [-0.4, -0.2) is 70.0 Å². The van der Waals surface area contributed by atoms with Gasteiger partial charge in [0, 0.05) is 55.5 Å². The van der Waals surface area contributed by atoms with Gasteiger partial charge in [0.1, 0.15) is 11.6 Å². The normalized spacial score (nSPS) is 16.2. The van der Waals surface area contributed by atoms with Gasteiger partial charge in [0.25, 0.3) is 5.91 Å². The number of hydrogen-bond acceptors (Lipinski definition) is 6. The number of carbonyl (C=O) groups is 2. The van der Waals surface area contributed by atoms with Crippen molar-refractivity contribution >= 4 is 35.1 Å². The molecule has 0 spiro atoms. The number of likely N-dealkylation sites (N-methyl/N-ethyl adjacent to an activating group) is 1. The van der Waals surface area contributed by atoms with Crippen LogP contribution in [0.2, 0.25) is 0 Å². The molecule has 0 bridgehead atoms. The van der Waals surface area contributed by atoms with Crippen molar-refractivity contribution in [2.24, 2.45) is 5.92 Å². The molecule has 12 heteroatoms. The molecule has 2 fully saturated rings. The van der Waals surface area contributed by atoms with Gasteiger partial charge in [-0.1, -0.05) is 13.0 Å². The van der Waals surface area contributed by atoms with Crippen LogP contribution in [-0.2, 0) is 17.5 Å². The fraction of sp³-hybridized carbons (Fsp3) is 0.394. The average molecular weight is 622 g/mol. The molecule has 0 unspecified atom stereocenters. The molecular formula is C33H38F3N7O2. The average Bonchev–Trinajstić information content (AvgIpc) is 3.75. The fourth-order valence-electron chi connectivity index (χ4n) is 5.44. The Morgan fingerprint density at radius 1 is 1.00 bits per heavy atom. The van der Waals surface area contributed by atoms with Crippen molar-refractivity contribution < 1.29 is 22.8 Å². The molecule has 2 aromatic carbocycles. The van der Waals surface area contributed by atoms with Crippen LogP contribution in [0.3, 0.4) is 0 Å². The quantitative estimate of drug-likeness (QED) is 0.212. The number of alkyl halides is 3. The summed E-state index contributed by atoms with van der Waals surface area (Å²) in [6, 6.07) is 7.06. The van der Waals surface area contributed by atoms with Gasteiger partial charge in [-0.2, -0.15) is 13.2 Å². The predicted molar refractivity (Wildman–Crippen MR) is 169 cm³/mol. The van der Waals surface area contributed by atoms with Gasteiger partial charge in [-0.3, -0.25) is 14.5 Å². The molecule has 5 rings (SSSR count). The van der Waals surface area contributed by atoms with Crippen LogP contribution in [0.5, 0.6) is 0 Å². The Kier molecular flexibility index (Phi) is 9.54. The lowest BCUT2D eigenvalue weighted by molar-refractivity contribution is -0.137. The van der Waals surface area contributed by atoms with Gasteiger partial charge in [-0.15, -0.1) is 0 Å². The maximum atomic E-state index is 13.8. The van der Waals surface area contributed by atoms with Gasteiger partial charge in [0.2, 0.25) is 5.91 Å². The monoisotopic (exact) mass is 621 g/mol. The third-order valence-electron chi connectivity index (χ3n) is 8.21. The number of hydrogen-bond donors (Lipinski definition) is 4. The molecule has 1 saturated carbocycles. The van der Waals surface area contributed by atoms with Gasteiger partial charge < -0.3 is 25.9 Å². The molecular weight excluding hydrogens is 583 g/mol. The van der Waals surface area contributed by atoms with Crippen LogP contribution in [0.1, 0.15) is 63.8 Å². The van der Waals surface area contributed by atoms with Crippen molar-refractivity contribution in [2.75, 3.05) is 43.4 Å². The van der Waals surface area contributed by atoms with Crippen LogP contribution in [0, 0.1) is 25.2 Å². The summed E-state index contributed by atoms with van der Waals surface area (Å²) in [5.41, 5.74) is 1.99. The van der Waals surface area contributed by atoms with E-state index in [1.807, 2.05) is 6.92 Å². The number of rotatable bonds is 10. The van der Waals surface area contributed by atoms with Crippen molar-refractivity contribution in [3.05, 3.63) is 81.8 Å². The highest BCUT2D eigenvalue weighted by atomic mass is 19.4. The second-order valence-corrected chi connectivity index (χ2v) is 11.8. The van der Waals surface area contributed by atoms with Crippen LogP contribution < -0.4 is 10.6 Å². The second kappa shape index (κ2) is 13.4. The smallest absolute Gasteiger partial charge is 0.325 e. The minimum Gasteiger partial charge on any atom is -0.325 e. The lowest BCUT2D eigenvalue weighted by Gasteiger charge is -2.34. The number of anilines is 2. The molecule has 1 saturated heterocycles. The zero-order valence-corrected chi connectivity index (χ0v) is 25.6. The first-order chi connectivity index (χ1) is 21.4. The van der Waals surface area contributed by atoms with Crippen LogP contribution in [0.25, 0.3) is 6.08 Å². The van der Waals surface area contributed by atoms with E-state index in [1.54, 1.807) is 31.2 Å². The number of aromatic amines is 1. The summed E-state index contributed by atoms with van der Waals surface area (Å²) >= 11 is 0. The van der Waals surface area contributed by atoms with Crippen LogP contribution in [0.4, 0.5) is 24.7 Å². The second-order valence-electron chi connectivity index (χ2n) is 11.8. The number of halogens is 3. The number of aryl methyl sites for hydroxylation is 2. The Morgan fingerprint density at radius 2 is 1.69 bits per heavy atom. The summed E-state index contributed by atoms with van der Waals surface area (Å²) in [5.74, 6) is 0.365. The lowest BCUT2D eigenvalue weighted by Crippen LogP contribution is -2.45. The lowest BCUT2D eigenvalue weighted by atomic mass is 9.96. The number of benzene rings is 2. The Balaban J connectivity index is 1.31. The number of H-pyrrole nitrogens is 1. The number of aromatic nitrogens is 2. The number of carbonyl (C=O) groups excluding carboxylic acids is 2. The van der Waals surface area contributed by atoms with Crippen molar-refractivity contribution in [3.8, 4) is 0 Å². The first-order valence-electron chi connectivity index (χ1n) is 15.1. The van der Waals surface area contributed by atoms with Crippen molar-refractivity contribution in [1.82, 2.24) is 19.8 Å². The molecule has 0 radical (unpaired) electrons. The van der Waals surface area contributed by atoms with E-state index in [-0.39, 0.29) is 28.8 Å². The zero-order valence-electron chi connectivity index (χ0n) is 25.6. The zero-order chi connectivity index (χ0) is 32.3. The molecule has 4 N–H and O–H groups in total. The van der Waals surface area contributed by atoms with Crippen molar-refractivity contribution in [1.29, 1.82) is 5.41 Å². The number of allylic oxidation sites excluding steroid dienone is 1. The summed E-state index contributed by atoms with van der Waals surface area (Å²) in [7, 11) is 0. The van der Waals surface area contributed by atoms with E-state index in [2.05, 4.69) is 37.3 Å². The molecule has 1 aromatic heterocycles. The van der Waals surface area contributed by atoms with E-state index < -0.39 is 17.6 Å². The molecule has 238 valence electrons. The molecule has 9 nitrogen and oxygen atoms in total. The van der Waals surface area contributed by atoms with E-state index >= 15 is 0 Å². The topological polar surface area (TPSA) is 117 Å². The Labute approximate surface area is 260 Å². The van der Waals surface area contributed by atoms with E-state index in [0.29, 0.717) is 34.9 Å². The fourth-order valence-corrected chi connectivity index (χ4v) is 5.44. The van der Waals surface area contributed by atoms with E-state index in [0.717, 1.165) is 63.3 Å². The third kappa shape index (κ3) is 8.25. The standard InChI is InChI=1S/C33H38F3N7O2/c1-4-42-9-11-43(12-10-42)19-22-14-24(33(34,35)36)16-25(15-22)39-32(45)27-17-26(20(2)13-21(27)3)28(37)7-8-29-38-18-30(40-29)41-31(44)23-5-6-23/h7-8,13-18,23,37H,4-6,9-12,19H2,1-3H3,(H,38,40)(H,39,45)(H,41,44)/b8-7-,37-28?.